The lowest BCUT2D eigenvalue weighted by Gasteiger charge is -2.47. The summed E-state index contributed by atoms with van der Waals surface area (Å²) in [5.74, 6) is 1.25. The summed E-state index contributed by atoms with van der Waals surface area (Å²) in [5, 5.41) is 3.70. The molecule has 6 heteroatoms. The summed E-state index contributed by atoms with van der Waals surface area (Å²) in [5.41, 5.74) is 5.28. The van der Waals surface area contributed by atoms with Crippen molar-refractivity contribution in [1.82, 2.24) is 24.7 Å². The van der Waals surface area contributed by atoms with E-state index in [-0.39, 0.29) is 5.54 Å². The van der Waals surface area contributed by atoms with Crippen LogP contribution in [0.3, 0.4) is 0 Å². The highest BCUT2D eigenvalue weighted by atomic mass is 15.3. The van der Waals surface area contributed by atoms with Crippen LogP contribution in [0.1, 0.15) is 70.8 Å². The van der Waals surface area contributed by atoms with E-state index < -0.39 is 0 Å². The highest BCUT2D eigenvalue weighted by Gasteiger charge is 2.38. The normalized spacial score (nSPS) is 23.3. The SMILES string of the molecule is CCCC(c1nc2ccc(N3CCC(c4ccccc4)(N(C)C)CC3)cc2n1CC)N1C[C@@H](C)N[C@@H](C)C1. The average molecular weight is 517 g/mol. The zero-order valence-electron chi connectivity index (χ0n) is 24.5. The zero-order chi connectivity index (χ0) is 26.9. The number of imidazole rings is 1. The van der Waals surface area contributed by atoms with Gasteiger partial charge in [0.25, 0.3) is 0 Å². The van der Waals surface area contributed by atoms with Crippen LogP contribution in [0, 0.1) is 0 Å². The fourth-order valence-corrected chi connectivity index (χ4v) is 7.16. The minimum atomic E-state index is 0.102. The quantitative estimate of drug-likeness (QED) is 0.420. The second kappa shape index (κ2) is 11.4. The number of nitrogens with zero attached hydrogens (tertiary/aromatic N) is 5. The molecule has 0 bridgehead atoms. The van der Waals surface area contributed by atoms with E-state index in [1.807, 2.05) is 0 Å². The number of aryl methyl sites for hydroxylation is 1. The van der Waals surface area contributed by atoms with E-state index >= 15 is 0 Å². The summed E-state index contributed by atoms with van der Waals surface area (Å²) >= 11 is 0. The molecule has 2 aliphatic rings. The molecule has 0 aliphatic carbocycles. The number of piperidine rings is 1. The molecule has 3 aromatic rings. The van der Waals surface area contributed by atoms with Gasteiger partial charge in [-0.1, -0.05) is 43.7 Å². The van der Waals surface area contributed by atoms with Crippen molar-refractivity contribution in [1.29, 1.82) is 0 Å². The van der Waals surface area contributed by atoms with E-state index in [1.165, 1.54) is 29.0 Å². The monoisotopic (exact) mass is 516 g/mol. The summed E-state index contributed by atoms with van der Waals surface area (Å²) in [6, 6.07) is 19.4. The molecule has 0 radical (unpaired) electrons. The Morgan fingerprint density at radius 1 is 1.00 bits per heavy atom. The molecule has 3 atom stereocenters. The van der Waals surface area contributed by atoms with E-state index in [9.17, 15) is 0 Å². The lowest BCUT2D eigenvalue weighted by Crippen LogP contribution is -2.55. The Labute approximate surface area is 230 Å². The summed E-state index contributed by atoms with van der Waals surface area (Å²) in [6.45, 7) is 14.4. The van der Waals surface area contributed by atoms with Crippen molar-refractivity contribution in [2.75, 3.05) is 45.2 Å². The smallest absolute Gasteiger partial charge is 0.127 e. The van der Waals surface area contributed by atoms with Gasteiger partial charge in [0, 0.05) is 56.0 Å². The molecule has 0 saturated carbocycles. The Morgan fingerprint density at radius 3 is 2.29 bits per heavy atom. The van der Waals surface area contributed by atoms with Crippen molar-refractivity contribution in [2.24, 2.45) is 0 Å². The van der Waals surface area contributed by atoms with Gasteiger partial charge in [0.15, 0.2) is 0 Å². The molecule has 3 heterocycles. The predicted octanol–water partition coefficient (Wildman–Crippen LogP) is 5.64. The first-order chi connectivity index (χ1) is 18.4. The highest BCUT2D eigenvalue weighted by Crippen LogP contribution is 2.39. The van der Waals surface area contributed by atoms with Gasteiger partial charge < -0.3 is 14.8 Å². The molecule has 38 heavy (non-hydrogen) atoms. The maximum Gasteiger partial charge on any atom is 0.127 e. The van der Waals surface area contributed by atoms with Crippen LogP contribution in [0.2, 0.25) is 0 Å². The molecule has 1 unspecified atom stereocenters. The molecule has 2 aromatic carbocycles. The number of nitrogens with one attached hydrogen (secondary N) is 1. The third kappa shape index (κ3) is 5.11. The maximum atomic E-state index is 5.28. The number of rotatable bonds is 8. The second-order valence-corrected chi connectivity index (χ2v) is 11.9. The maximum absolute atomic E-state index is 5.28. The Morgan fingerprint density at radius 2 is 1.68 bits per heavy atom. The third-order valence-corrected chi connectivity index (χ3v) is 9.09. The second-order valence-electron chi connectivity index (χ2n) is 11.9. The van der Waals surface area contributed by atoms with E-state index in [4.69, 9.17) is 4.98 Å². The molecule has 1 aromatic heterocycles. The number of anilines is 1. The van der Waals surface area contributed by atoms with Gasteiger partial charge in [-0.05, 0) is 77.9 Å². The molecule has 0 spiro atoms. The number of piperazine rings is 1. The zero-order valence-corrected chi connectivity index (χ0v) is 24.5. The van der Waals surface area contributed by atoms with Gasteiger partial charge in [-0.25, -0.2) is 4.98 Å². The number of hydrogen-bond acceptors (Lipinski definition) is 5. The molecule has 2 saturated heterocycles. The van der Waals surface area contributed by atoms with Crippen molar-refractivity contribution in [3.8, 4) is 0 Å². The molecule has 6 nitrogen and oxygen atoms in total. The van der Waals surface area contributed by atoms with Crippen LogP contribution in [-0.2, 0) is 12.1 Å². The van der Waals surface area contributed by atoms with Gasteiger partial charge in [0.05, 0.1) is 17.1 Å². The predicted molar refractivity (Wildman–Crippen MR) is 160 cm³/mol. The van der Waals surface area contributed by atoms with E-state index in [0.717, 1.165) is 57.5 Å². The van der Waals surface area contributed by atoms with Crippen molar-refractivity contribution >= 4 is 16.7 Å². The number of aromatic nitrogens is 2. The Hall–Kier alpha value is -2.41. The molecule has 2 aliphatic heterocycles. The van der Waals surface area contributed by atoms with Crippen molar-refractivity contribution in [3.63, 3.8) is 0 Å². The van der Waals surface area contributed by atoms with Crippen LogP contribution in [0.5, 0.6) is 0 Å². The van der Waals surface area contributed by atoms with Gasteiger partial charge in [-0.15, -0.1) is 0 Å². The lowest BCUT2D eigenvalue weighted by atomic mass is 9.79. The van der Waals surface area contributed by atoms with Gasteiger partial charge >= 0.3 is 0 Å². The Bertz CT molecular complexity index is 1180. The topological polar surface area (TPSA) is 39.6 Å². The molecular weight excluding hydrogens is 468 g/mol. The summed E-state index contributed by atoms with van der Waals surface area (Å²) in [4.78, 5) is 13.0. The number of fused-ring (bicyclic) bond motifs is 1. The van der Waals surface area contributed by atoms with E-state index in [1.54, 1.807) is 0 Å². The Kier molecular flexibility index (Phi) is 8.13. The van der Waals surface area contributed by atoms with E-state index in [0.29, 0.717) is 18.1 Å². The van der Waals surface area contributed by atoms with Crippen LogP contribution in [0.4, 0.5) is 5.69 Å². The standard InChI is InChI=1S/C32H48N6/c1-7-12-29(37-22-24(3)33-25(4)23-37)31-34-28-16-15-27(21-30(28)38(31)8-2)36-19-17-32(18-20-36,35(5)6)26-13-10-9-11-14-26/h9-11,13-16,21,24-25,29,33H,7-8,12,17-20,22-23H2,1-6H3/t24-,25+,29?. The fourth-order valence-electron chi connectivity index (χ4n) is 7.16. The first kappa shape index (κ1) is 27.2. The van der Waals surface area contributed by atoms with Crippen LogP contribution in [0.15, 0.2) is 48.5 Å². The fraction of sp³-hybridized carbons (Fsp3) is 0.594. The molecule has 0 amide bonds. The van der Waals surface area contributed by atoms with Crippen molar-refractivity contribution in [3.05, 3.63) is 59.9 Å². The molecule has 1 N–H and O–H groups in total. The molecule has 2 fully saturated rings. The van der Waals surface area contributed by atoms with Crippen molar-refractivity contribution in [2.45, 2.75) is 83.6 Å². The van der Waals surface area contributed by atoms with Gasteiger partial charge in [-0.2, -0.15) is 0 Å². The highest BCUT2D eigenvalue weighted by molar-refractivity contribution is 5.80. The average Bonchev–Trinajstić information content (AvgIpc) is 3.29. The molecule has 206 valence electrons. The van der Waals surface area contributed by atoms with Crippen LogP contribution >= 0.6 is 0 Å². The van der Waals surface area contributed by atoms with Gasteiger partial charge in [0.1, 0.15) is 5.82 Å². The minimum absolute atomic E-state index is 0.102. The first-order valence-electron chi connectivity index (χ1n) is 14.8. The third-order valence-electron chi connectivity index (χ3n) is 9.09. The van der Waals surface area contributed by atoms with Crippen molar-refractivity contribution < 1.29 is 0 Å². The van der Waals surface area contributed by atoms with E-state index in [2.05, 4.69) is 115 Å². The summed E-state index contributed by atoms with van der Waals surface area (Å²) in [7, 11) is 4.48. The summed E-state index contributed by atoms with van der Waals surface area (Å²) < 4.78 is 2.49. The van der Waals surface area contributed by atoms with Crippen LogP contribution < -0.4 is 10.2 Å². The van der Waals surface area contributed by atoms with Gasteiger partial charge in [-0.3, -0.25) is 9.80 Å². The van der Waals surface area contributed by atoms with Crippen LogP contribution in [0.25, 0.3) is 11.0 Å². The first-order valence-corrected chi connectivity index (χ1v) is 14.8. The summed E-state index contributed by atoms with van der Waals surface area (Å²) in [6.07, 6.45) is 4.56. The molecule has 5 rings (SSSR count). The number of benzene rings is 2. The minimum Gasteiger partial charge on any atom is -0.371 e. The molecular formula is C32H48N6. The number of hydrogen-bond donors (Lipinski definition) is 1. The Balaban J connectivity index is 1.42. The van der Waals surface area contributed by atoms with Crippen LogP contribution in [-0.4, -0.2) is 71.7 Å². The lowest BCUT2D eigenvalue weighted by molar-refractivity contribution is 0.110. The van der Waals surface area contributed by atoms with Gasteiger partial charge in [0.2, 0.25) is 0 Å². The largest absolute Gasteiger partial charge is 0.371 e.